The second kappa shape index (κ2) is 7.41. The summed E-state index contributed by atoms with van der Waals surface area (Å²) < 4.78 is 16.1. The van der Waals surface area contributed by atoms with E-state index in [1.165, 1.54) is 18.2 Å². The van der Waals surface area contributed by atoms with Gasteiger partial charge in [0, 0.05) is 24.3 Å². The molecule has 1 aromatic heterocycles. The van der Waals surface area contributed by atoms with Gasteiger partial charge in [-0.1, -0.05) is 11.6 Å². The van der Waals surface area contributed by atoms with Crippen LogP contribution < -0.4 is 5.32 Å². The number of hydrogen-bond acceptors (Lipinski definition) is 2. The Bertz CT molecular complexity index is 702. The predicted octanol–water partition coefficient (Wildman–Crippen LogP) is 4.32. The van der Waals surface area contributed by atoms with Gasteiger partial charge in [0.1, 0.15) is 5.82 Å². The van der Waals surface area contributed by atoms with Crippen LogP contribution in [-0.4, -0.2) is 15.7 Å². The molecule has 0 aliphatic rings. The van der Waals surface area contributed by atoms with Gasteiger partial charge in [-0.15, -0.1) is 0 Å². The van der Waals surface area contributed by atoms with Crippen molar-refractivity contribution in [2.75, 3.05) is 5.32 Å². The van der Waals surface area contributed by atoms with Gasteiger partial charge in [-0.3, -0.25) is 9.48 Å². The summed E-state index contributed by atoms with van der Waals surface area (Å²) in [6.45, 7) is 4.67. The average molecular weight is 436 g/mol. The van der Waals surface area contributed by atoms with Crippen molar-refractivity contribution in [2.45, 2.75) is 33.2 Å². The van der Waals surface area contributed by atoms with Crippen LogP contribution in [0, 0.1) is 23.2 Å². The van der Waals surface area contributed by atoms with Crippen LogP contribution in [0.4, 0.5) is 10.1 Å². The fourth-order valence-corrected chi connectivity index (χ4v) is 2.65. The van der Waals surface area contributed by atoms with Gasteiger partial charge in [-0.05, 0) is 61.1 Å². The lowest BCUT2D eigenvalue weighted by Gasteiger charge is -2.07. The summed E-state index contributed by atoms with van der Waals surface area (Å²) in [5, 5.41) is 7.13. The van der Waals surface area contributed by atoms with E-state index in [4.69, 9.17) is 11.6 Å². The van der Waals surface area contributed by atoms with Gasteiger partial charge in [0.2, 0.25) is 5.91 Å². The number of aromatic nitrogens is 2. The summed E-state index contributed by atoms with van der Waals surface area (Å²) >= 11 is 7.95. The smallest absolute Gasteiger partial charge is 0.224 e. The summed E-state index contributed by atoms with van der Waals surface area (Å²) in [6, 6.07) is 4.12. The lowest BCUT2D eigenvalue weighted by atomic mass is 10.2. The van der Waals surface area contributed by atoms with Crippen molar-refractivity contribution < 1.29 is 9.18 Å². The molecule has 0 bridgehead atoms. The first-order valence-electron chi connectivity index (χ1n) is 6.83. The number of aryl methyl sites for hydroxylation is 2. The maximum Gasteiger partial charge on any atom is 0.224 e. The minimum Gasteiger partial charge on any atom is -0.326 e. The zero-order chi connectivity index (χ0) is 16.3. The molecule has 0 unspecified atom stereocenters. The fourth-order valence-electron chi connectivity index (χ4n) is 2.08. The van der Waals surface area contributed by atoms with E-state index in [2.05, 4.69) is 33.0 Å². The summed E-state index contributed by atoms with van der Waals surface area (Å²) in [5.41, 5.74) is 2.62. The third-order valence-electron chi connectivity index (χ3n) is 3.27. The zero-order valence-corrected chi connectivity index (χ0v) is 15.2. The molecule has 7 heteroatoms. The van der Waals surface area contributed by atoms with Crippen LogP contribution in [0.25, 0.3) is 0 Å². The average Bonchev–Trinajstić information content (AvgIpc) is 2.70. The number of halogens is 3. The Balaban J connectivity index is 1.85. The third-order valence-corrected chi connectivity index (χ3v) is 5.12. The van der Waals surface area contributed by atoms with Crippen LogP contribution >= 0.6 is 34.2 Å². The van der Waals surface area contributed by atoms with Crippen molar-refractivity contribution in [3.8, 4) is 0 Å². The highest BCUT2D eigenvalue weighted by Gasteiger charge is 2.09. The summed E-state index contributed by atoms with van der Waals surface area (Å²) in [5.74, 6) is -0.627. The quantitative estimate of drug-likeness (QED) is 0.711. The molecule has 0 aliphatic carbocycles. The van der Waals surface area contributed by atoms with E-state index in [0.29, 0.717) is 25.1 Å². The Kier molecular flexibility index (Phi) is 5.80. The van der Waals surface area contributed by atoms with Crippen LogP contribution in [0.2, 0.25) is 5.02 Å². The van der Waals surface area contributed by atoms with Gasteiger partial charge < -0.3 is 5.32 Å². The SMILES string of the molecule is Cc1nn(CCCC(=O)Nc2ccc(F)c(Cl)c2)c(C)c1I. The van der Waals surface area contributed by atoms with Crippen LogP contribution in [0.15, 0.2) is 18.2 Å². The Morgan fingerprint density at radius 3 is 2.77 bits per heavy atom. The zero-order valence-electron chi connectivity index (χ0n) is 12.3. The maximum absolute atomic E-state index is 13.0. The standard InChI is InChI=1S/C15H16ClFIN3O/c1-9-15(18)10(2)21(20-9)7-3-4-14(22)19-11-5-6-13(17)12(16)8-11/h5-6,8H,3-4,7H2,1-2H3,(H,19,22). The molecule has 0 radical (unpaired) electrons. The van der Waals surface area contributed by atoms with E-state index in [9.17, 15) is 9.18 Å². The van der Waals surface area contributed by atoms with E-state index in [-0.39, 0.29) is 10.9 Å². The Morgan fingerprint density at radius 2 is 2.18 bits per heavy atom. The van der Waals surface area contributed by atoms with Crippen molar-refractivity contribution in [1.82, 2.24) is 9.78 Å². The van der Waals surface area contributed by atoms with E-state index >= 15 is 0 Å². The highest BCUT2D eigenvalue weighted by Crippen LogP contribution is 2.20. The number of hydrogen-bond donors (Lipinski definition) is 1. The first kappa shape index (κ1) is 17.2. The lowest BCUT2D eigenvalue weighted by molar-refractivity contribution is -0.116. The van der Waals surface area contributed by atoms with Crippen LogP contribution in [0.1, 0.15) is 24.2 Å². The largest absolute Gasteiger partial charge is 0.326 e. The molecule has 0 spiro atoms. The first-order chi connectivity index (χ1) is 10.4. The molecule has 0 saturated heterocycles. The topological polar surface area (TPSA) is 46.9 Å². The van der Waals surface area contributed by atoms with Gasteiger partial charge in [0.15, 0.2) is 0 Å². The Hall–Kier alpha value is -1.15. The van der Waals surface area contributed by atoms with Gasteiger partial charge in [0.25, 0.3) is 0 Å². The molecule has 118 valence electrons. The molecule has 1 aromatic carbocycles. The molecule has 0 atom stereocenters. The Morgan fingerprint density at radius 1 is 1.45 bits per heavy atom. The summed E-state index contributed by atoms with van der Waals surface area (Å²) in [6.07, 6.45) is 1.04. The number of anilines is 1. The van der Waals surface area contributed by atoms with Gasteiger partial charge in [0.05, 0.1) is 14.3 Å². The van der Waals surface area contributed by atoms with E-state index < -0.39 is 5.82 Å². The van der Waals surface area contributed by atoms with Crippen molar-refractivity contribution in [3.63, 3.8) is 0 Å². The number of nitrogens with one attached hydrogen (secondary N) is 1. The molecule has 1 amide bonds. The molecule has 0 saturated carbocycles. The minimum atomic E-state index is -0.501. The van der Waals surface area contributed by atoms with E-state index in [0.717, 1.165) is 15.0 Å². The highest BCUT2D eigenvalue weighted by molar-refractivity contribution is 14.1. The van der Waals surface area contributed by atoms with E-state index in [1.54, 1.807) is 0 Å². The molecule has 0 fully saturated rings. The van der Waals surface area contributed by atoms with Gasteiger partial charge >= 0.3 is 0 Å². The number of carbonyl (C=O) groups is 1. The van der Waals surface area contributed by atoms with Crippen molar-refractivity contribution in [3.05, 3.63) is 44.0 Å². The second-order valence-electron chi connectivity index (χ2n) is 4.99. The number of amides is 1. The number of benzene rings is 1. The summed E-state index contributed by atoms with van der Waals surface area (Å²) in [7, 11) is 0. The molecule has 1 N–H and O–H groups in total. The van der Waals surface area contributed by atoms with Crippen LogP contribution in [-0.2, 0) is 11.3 Å². The molecule has 0 aliphatic heterocycles. The fraction of sp³-hybridized carbons (Fsp3) is 0.333. The molecule has 2 aromatic rings. The van der Waals surface area contributed by atoms with Crippen molar-refractivity contribution in [1.29, 1.82) is 0 Å². The van der Waals surface area contributed by atoms with Crippen molar-refractivity contribution in [2.24, 2.45) is 0 Å². The minimum absolute atomic E-state index is 0.00461. The Labute approximate surface area is 147 Å². The first-order valence-corrected chi connectivity index (χ1v) is 8.28. The van der Waals surface area contributed by atoms with Gasteiger partial charge in [-0.2, -0.15) is 5.10 Å². The van der Waals surface area contributed by atoms with Gasteiger partial charge in [-0.25, -0.2) is 4.39 Å². The molecule has 22 heavy (non-hydrogen) atoms. The molecular weight excluding hydrogens is 420 g/mol. The molecular formula is C15H16ClFIN3O. The number of rotatable bonds is 5. The van der Waals surface area contributed by atoms with E-state index in [1.807, 2.05) is 18.5 Å². The summed E-state index contributed by atoms with van der Waals surface area (Å²) in [4.78, 5) is 11.9. The number of carbonyl (C=O) groups excluding carboxylic acids is 1. The second-order valence-corrected chi connectivity index (χ2v) is 6.47. The lowest BCUT2D eigenvalue weighted by Crippen LogP contribution is -2.13. The third kappa shape index (κ3) is 4.19. The predicted molar refractivity (Wildman–Crippen MR) is 93.7 cm³/mol. The molecule has 1 heterocycles. The van der Waals surface area contributed by atoms with Crippen molar-refractivity contribution >= 4 is 45.8 Å². The normalized spacial score (nSPS) is 10.8. The molecule has 4 nitrogen and oxygen atoms in total. The van der Waals surface area contributed by atoms with Crippen LogP contribution in [0.3, 0.4) is 0 Å². The highest BCUT2D eigenvalue weighted by atomic mass is 127. The monoisotopic (exact) mass is 435 g/mol. The van der Waals surface area contributed by atoms with Crippen LogP contribution in [0.5, 0.6) is 0 Å². The molecule has 2 rings (SSSR count). The number of nitrogens with zero attached hydrogens (tertiary/aromatic N) is 2. The maximum atomic E-state index is 13.0.